The molecule has 0 fully saturated rings. The number of fused-ring (bicyclic) bond motifs is 2. The number of aliphatic imine (C=N–C) groups is 2. The van der Waals surface area contributed by atoms with Crippen LogP contribution >= 0.6 is 0 Å². The van der Waals surface area contributed by atoms with Crippen molar-refractivity contribution in [2.24, 2.45) is 9.98 Å². The molecule has 236 valence electrons. The van der Waals surface area contributed by atoms with Gasteiger partial charge in [-0.25, -0.2) is 9.98 Å². The van der Waals surface area contributed by atoms with E-state index in [0.717, 1.165) is 62.6 Å². The Morgan fingerprint density at radius 2 is 0.755 bits per heavy atom. The normalized spacial score (nSPS) is 15.3. The van der Waals surface area contributed by atoms with Gasteiger partial charge in [-0.3, -0.25) is 9.59 Å². The van der Waals surface area contributed by atoms with Crippen molar-refractivity contribution >= 4 is 46.0 Å². The van der Waals surface area contributed by atoms with E-state index in [1.165, 1.54) is 0 Å². The number of hydrogen-bond donors (Lipinski definition) is 0. The molecule has 49 heavy (non-hydrogen) atoms. The number of rotatable bonds is 8. The van der Waals surface area contributed by atoms with Crippen LogP contribution in [0.1, 0.15) is 33.4 Å². The molecule has 0 bridgehead atoms. The van der Waals surface area contributed by atoms with Crippen LogP contribution in [0, 0.1) is 0 Å². The van der Waals surface area contributed by atoms with Gasteiger partial charge >= 0.3 is 0 Å². The molecule has 0 aromatic heterocycles. The van der Waals surface area contributed by atoms with Crippen LogP contribution in [-0.2, 0) is 29.1 Å². The van der Waals surface area contributed by atoms with Crippen LogP contribution in [0.3, 0.4) is 0 Å². The smallest absolute Gasteiger partial charge is 0.277 e. The molecule has 0 unspecified atom stereocenters. The van der Waals surface area contributed by atoms with Gasteiger partial charge in [0.15, 0.2) is 0 Å². The van der Waals surface area contributed by atoms with Crippen molar-refractivity contribution in [3.05, 3.63) is 191 Å². The molecule has 6 aromatic carbocycles. The maximum Gasteiger partial charge on any atom is 0.277 e. The maximum atomic E-state index is 13.5. The van der Waals surface area contributed by atoms with E-state index < -0.39 is 0 Å². The third-order valence-corrected chi connectivity index (χ3v) is 8.93. The summed E-state index contributed by atoms with van der Waals surface area (Å²) in [6, 6.07) is 51.7. The molecule has 0 saturated carbocycles. The molecular formula is C43H32N4O2. The minimum Gasteiger partial charge on any atom is -0.302 e. The zero-order valence-corrected chi connectivity index (χ0v) is 26.7. The Morgan fingerprint density at radius 3 is 1.16 bits per heavy atom. The quantitative estimate of drug-likeness (QED) is 0.168. The average Bonchev–Trinajstić information content (AvgIpc) is 3.56. The number of nitrogens with zero attached hydrogens (tertiary/aromatic N) is 4. The monoisotopic (exact) mass is 636 g/mol. The first kappa shape index (κ1) is 30.0. The predicted octanol–water partition coefficient (Wildman–Crippen LogP) is 8.61. The highest BCUT2D eigenvalue weighted by atomic mass is 16.2. The molecule has 8 rings (SSSR count). The molecule has 0 saturated heterocycles. The Balaban J connectivity index is 0.970. The fraction of sp³-hybridized carbons (Fsp3) is 0.0698. The van der Waals surface area contributed by atoms with Gasteiger partial charge in [0.05, 0.1) is 35.8 Å². The number of anilines is 2. The third-order valence-electron chi connectivity index (χ3n) is 8.93. The number of para-hydroxylation sites is 2. The molecular weight excluding hydrogens is 604 g/mol. The largest absolute Gasteiger partial charge is 0.302 e. The van der Waals surface area contributed by atoms with Crippen LogP contribution in [0.15, 0.2) is 168 Å². The summed E-state index contributed by atoms with van der Waals surface area (Å²) < 4.78 is 0. The first-order valence-electron chi connectivity index (χ1n) is 16.4. The van der Waals surface area contributed by atoms with Crippen LogP contribution in [-0.4, -0.2) is 23.2 Å². The van der Waals surface area contributed by atoms with Gasteiger partial charge in [0.2, 0.25) is 0 Å². The van der Waals surface area contributed by atoms with Crippen molar-refractivity contribution in [1.82, 2.24) is 0 Å². The summed E-state index contributed by atoms with van der Waals surface area (Å²) in [5.41, 5.74) is 10.2. The van der Waals surface area contributed by atoms with Gasteiger partial charge in [0.1, 0.15) is 11.4 Å². The molecule has 0 spiro atoms. The number of carbonyl (C=O) groups is 2. The van der Waals surface area contributed by atoms with Gasteiger partial charge in [0, 0.05) is 11.1 Å². The molecule has 2 amide bonds. The van der Waals surface area contributed by atoms with Crippen molar-refractivity contribution in [3.8, 4) is 0 Å². The van der Waals surface area contributed by atoms with Crippen molar-refractivity contribution < 1.29 is 9.59 Å². The Morgan fingerprint density at radius 1 is 0.388 bits per heavy atom. The zero-order chi connectivity index (χ0) is 33.2. The number of hydrogen-bond acceptors (Lipinski definition) is 4. The molecule has 0 atom stereocenters. The van der Waals surface area contributed by atoms with E-state index in [9.17, 15) is 9.59 Å². The number of amides is 2. The fourth-order valence-corrected chi connectivity index (χ4v) is 6.46. The first-order valence-corrected chi connectivity index (χ1v) is 16.4. The summed E-state index contributed by atoms with van der Waals surface area (Å²) >= 11 is 0. The highest BCUT2D eigenvalue weighted by Crippen LogP contribution is 2.34. The van der Waals surface area contributed by atoms with E-state index in [2.05, 4.69) is 24.3 Å². The summed E-state index contributed by atoms with van der Waals surface area (Å²) in [6.07, 6.45) is 0.729. The van der Waals surface area contributed by atoms with Gasteiger partial charge in [-0.2, -0.15) is 0 Å². The second-order valence-corrected chi connectivity index (χ2v) is 12.2. The predicted molar refractivity (Wildman–Crippen MR) is 196 cm³/mol. The molecule has 2 aliphatic heterocycles. The second-order valence-electron chi connectivity index (χ2n) is 12.2. The lowest BCUT2D eigenvalue weighted by Crippen LogP contribution is -2.29. The molecule has 6 nitrogen and oxygen atoms in total. The average molecular weight is 637 g/mol. The maximum absolute atomic E-state index is 13.5. The Hall–Kier alpha value is -6.40. The van der Waals surface area contributed by atoms with Crippen molar-refractivity contribution in [2.45, 2.75) is 19.5 Å². The van der Waals surface area contributed by atoms with Gasteiger partial charge < -0.3 is 9.80 Å². The van der Waals surface area contributed by atoms with E-state index in [0.29, 0.717) is 24.5 Å². The molecule has 0 N–H and O–H groups in total. The van der Waals surface area contributed by atoms with Crippen LogP contribution in [0.4, 0.5) is 22.7 Å². The Kier molecular flexibility index (Phi) is 7.96. The minimum absolute atomic E-state index is 0.0931. The lowest BCUT2D eigenvalue weighted by molar-refractivity contribution is -0.113. The molecule has 2 aliphatic rings. The SMILES string of the molecule is O=C1C(=Nc2ccc(Cc3ccc(N=C4C(=O)N(Cc5ccccc5)c5ccccc54)cc3)cc2)c2ccccc2N1Cc1ccccc1. The van der Waals surface area contributed by atoms with Crippen molar-refractivity contribution in [1.29, 1.82) is 0 Å². The summed E-state index contributed by atoms with van der Waals surface area (Å²) in [6.45, 7) is 0.993. The Labute approximate surface area is 285 Å². The van der Waals surface area contributed by atoms with Crippen LogP contribution in [0.25, 0.3) is 0 Å². The van der Waals surface area contributed by atoms with Gasteiger partial charge in [0.25, 0.3) is 11.8 Å². The molecule has 0 radical (unpaired) electrons. The van der Waals surface area contributed by atoms with Gasteiger partial charge in [-0.1, -0.05) is 121 Å². The lowest BCUT2D eigenvalue weighted by atomic mass is 10.0. The highest BCUT2D eigenvalue weighted by Gasteiger charge is 2.34. The summed E-state index contributed by atoms with van der Waals surface area (Å²) in [5, 5.41) is 0. The second kappa shape index (κ2) is 13.0. The summed E-state index contributed by atoms with van der Waals surface area (Å²) in [4.78, 5) is 40.3. The third kappa shape index (κ3) is 6.08. The fourth-order valence-electron chi connectivity index (χ4n) is 6.46. The summed E-state index contributed by atoms with van der Waals surface area (Å²) in [5.74, 6) is -0.186. The molecule has 2 heterocycles. The number of benzene rings is 6. The molecule has 0 aliphatic carbocycles. The first-order chi connectivity index (χ1) is 24.1. The molecule has 6 heteroatoms. The minimum atomic E-state index is -0.0931. The van der Waals surface area contributed by atoms with E-state index in [1.807, 2.05) is 133 Å². The van der Waals surface area contributed by atoms with Gasteiger partial charge in [-0.05, 0) is 65.1 Å². The zero-order valence-electron chi connectivity index (χ0n) is 26.7. The van der Waals surface area contributed by atoms with Crippen molar-refractivity contribution in [2.75, 3.05) is 9.80 Å². The standard InChI is InChI=1S/C43H32N4O2/c48-42-40(36-15-7-9-17-38(36)46(42)28-32-11-3-1-4-12-32)44-34-23-19-30(20-24-34)27-31-21-25-35(26-22-31)45-41-37-16-8-10-18-39(37)47(43(41)49)29-33-13-5-2-6-14-33/h1-26H,27-29H2. The van der Waals surface area contributed by atoms with Crippen LogP contribution in [0.5, 0.6) is 0 Å². The molecule has 6 aromatic rings. The van der Waals surface area contributed by atoms with Crippen LogP contribution < -0.4 is 9.80 Å². The Bertz CT molecular complexity index is 2060. The van der Waals surface area contributed by atoms with E-state index >= 15 is 0 Å². The lowest BCUT2D eigenvalue weighted by Gasteiger charge is -2.16. The van der Waals surface area contributed by atoms with E-state index in [4.69, 9.17) is 9.98 Å². The van der Waals surface area contributed by atoms with Gasteiger partial charge in [-0.15, -0.1) is 0 Å². The highest BCUT2D eigenvalue weighted by molar-refractivity contribution is 6.55. The van der Waals surface area contributed by atoms with E-state index in [-0.39, 0.29) is 11.8 Å². The van der Waals surface area contributed by atoms with Crippen LogP contribution in [0.2, 0.25) is 0 Å². The topological polar surface area (TPSA) is 65.3 Å². The van der Waals surface area contributed by atoms with E-state index in [1.54, 1.807) is 9.80 Å². The van der Waals surface area contributed by atoms with Crippen molar-refractivity contribution in [3.63, 3.8) is 0 Å². The number of carbonyl (C=O) groups excluding carboxylic acids is 2. The summed E-state index contributed by atoms with van der Waals surface area (Å²) in [7, 11) is 0.